The van der Waals surface area contributed by atoms with Gasteiger partial charge in [0.25, 0.3) is 0 Å². The lowest BCUT2D eigenvalue weighted by molar-refractivity contribution is 0.243. The number of rotatable bonds is 4. The number of hydrogen-bond donors (Lipinski definition) is 0. The van der Waals surface area contributed by atoms with Crippen LogP contribution in [-0.2, 0) is 13.6 Å². The largest absolute Gasteiger partial charge is 0.491 e. The molecule has 0 atom stereocenters. The van der Waals surface area contributed by atoms with E-state index in [4.69, 9.17) is 4.74 Å². The molecule has 104 valence electrons. The molecular weight excluding hydrogens is 250 g/mol. The summed E-state index contributed by atoms with van der Waals surface area (Å²) >= 11 is 0. The zero-order valence-corrected chi connectivity index (χ0v) is 12.1. The average molecular weight is 269 g/mol. The number of hydrogen-bond acceptors (Lipinski definition) is 2. The van der Waals surface area contributed by atoms with Gasteiger partial charge in [-0.2, -0.15) is 0 Å². The van der Waals surface area contributed by atoms with Crippen molar-refractivity contribution in [2.45, 2.75) is 26.5 Å². The topological polar surface area (TPSA) is 32.0 Å². The first kappa shape index (κ1) is 12.8. The number of imidazole rings is 1. The minimum Gasteiger partial charge on any atom is -0.491 e. The molecule has 3 aromatic rings. The van der Waals surface area contributed by atoms with Crippen LogP contribution in [0.4, 0.5) is 0 Å². The van der Waals surface area contributed by atoms with Gasteiger partial charge in [0, 0.05) is 30.3 Å². The van der Waals surface area contributed by atoms with Crippen molar-refractivity contribution in [3.8, 4) is 5.75 Å². The summed E-state index contributed by atoms with van der Waals surface area (Å²) in [6, 6.07) is 8.36. The second kappa shape index (κ2) is 5.04. The molecule has 2 heterocycles. The Morgan fingerprint density at radius 3 is 2.80 bits per heavy atom. The Kier molecular flexibility index (Phi) is 3.22. The van der Waals surface area contributed by atoms with Crippen molar-refractivity contribution in [2.24, 2.45) is 7.05 Å². The number of ether oxygens (including phenoxy) is 1. The monoisotopic (exact) mass is 269 g/mol. The van der Waals surface area contributed by atoms with Crippen molar-refractivity contribution in [2.75, 3.05) is 0 Å². The fourth-order valence-corrected chi connectivity index (χ4v) is 2.37. The summed E-state index contributed by atoms with van der Waals surface area (Å²) in [6.45, 7) is 4.90. The van der Waals surface area contributed by atoms with E-state index in [9.17, 15) is 0 Å². The third-order valence-corrected chi connectivity index (χ3v) is 3.36. The summed E-state index contributed by atoms with van der Waals surface area (Å²) in [5, 5.41) is 1.20. The van der Waals surface area contributed by atoms with Gasteiger partial charge in [0.05, 0.1) is 24.7 Å². The van der Waals surface area contributed by atoms with E-state index in [0.717, 1.165) is 12.3 Å². The van der Waals surface area contributed by atoms with Crippen LogP contribution in [0.1, 0.15) is 19.5 Å². The molecule has 0 aliphatic carbocycles. The normalized spacial score (nSPS) is 11.4. The maximum Gasteiger partial charge on any atom is 0.120 e. The van der Waals surface area contributed by atoms with Crippen molar-refractivity contribution in [1.29, 1.82) is 0 Å². The Bertz CT molecular complexity index is 724. The molecule has 0 aliphatic rings. The minimum absolute atomic E-state index is 0.198. The molecule has 4 heteroatoms. The highest BCUT2D eigenvalue weighted by Crippen LogP contribution is 2.23. The van der Waals surface area contributed by atoms with E-state index in [1.54, 1.807) is 0 Å². The predicted octanol–water partition coefficient (Wildman–Crippen LogP) is 3.21. The average Bonchev–Trinajstić information content (AvgIpc) is 2.97. The second-order valence-electron chi connectivity index (χ2n) is 5.33. The molecule has 1 aromatic carbocycles. The Labute approximate surface area is 118 Å². The summed E-state index contributed by atoms with van der Waals surface area (Å²) in [7, 11) is 2.02. The van der Waals surface area contributed by atoms with Gasteiger partial charge >= 0.3 is 0 Å². The summed E-state index contributed by atoms with van der Waals surface area (Å²) in [4.78, 5) is 4.16. The first-order valence-corrected chi connectivity index (χ1v) is 6.84. The van der Waals surface area contributed by atoms with Crippen LogP contribution in [0.5, 0.6) is 5.75 Å². The number of aryl methyl sites for hydroxylation is 1. The Morgan fingerprint density at radius 1 is 1.25 bits per heavy atom. The van der Waals surface area contributed by atoms with E-state index in [2.05, 4.69) is 33.9 Å². The highest BCUT2D eigenvalue weighted by molar-refractivity contribution is 5.81. The lowest BCUT2D eigenvalue weighted by Gasteiger charge is -2.10. The van der Waals surface area contributed by atoms with E-state index in [-0.39, 0.29) is 6.10 Å². The van der Waals surface area contributed by atoms with E-state index in [1.165, 1.54) is 16.6 Å². The zero-order chi connectivity index (χ0) is 14.1. The molecule has 0 bridgehead atoms. The van der Waals surface area contributed by atoms with Crippen molar-refractivity contribution in [3.05, 3.63) is 48.7 Å². The second-order valence-corrected chi connectivity index (χ2v) is 5.33. The molecule has 4 nitrogen and oxygen atoms in total. The maximum absolute atomic E-state index is 5.73. The molecule has 0 amide bonds. The van der Waals surface area contributed by atoms with Crippen LogP contribution in [0.15, 0.2) is 43.0 Å². The van der Waals surface area contributed by atoms with Crippen molar-refractivity contribution >= 4 is 10.9 Å². The molecule has 3 rings (SSSR count). The number of aromatic nitrogens is 3. The van der Waals surface area contributed by atoms with Crippen molar-refractivity contribution in [3.63, 3.8) is 0 Å². The molecule has 0 unspecified atom stereocenters. The van der Waals surface area contributed by atoms with Crippen LogP contribution in [0.3, 0.4) is 0 Å². The van der Waals surface area contributed by atoms with Gasteiger partial charge in [-0.05, 0) is 38.1 Å². The SMILES string of the molecule is CC(C)Oc1ccc2c(ccn2Cc2cncn2C)c1. The molecule has 20 heavy (non-hydrogen) atoms. The van der Waals surface area contributed by atoms with Crippen LogP contribution in [0, 0.1) is 0 Å². The Hall–Kier alpha value is -2.23. The van der Waals surface area contributed by atoms with Crippen LogP contribution in [0.25, 0.3) is 10.9 Å². The van der Waals surface area contributed by atoms with Gasteiger partial charge < -0.3 is 13.9 Å². The Morgan fingerprint density at radius 2 is 2.10 bits per heavy atom. The van der Waals surface area contributed by atoms with Crippen LogP contribution < -0.4 is 4.74 Å². The standard InChI is InChI=1S/C16H19N3O/c1-12(2)20-15-4-5-16-13(8-15)6-7-19(16)10-14-9-17-11-18(14)3/h4-9,11-12H,10H2,1-3H3. The molecule has 0 saturated carbocycles. The molecule has 0 aliphatic heterocycles. The van der Waals surface area contributed by atoms with E-state index in [1.807, 2.05) is 44.1 Å². The third kappa shape index (κ3) is 2.41. The molecule has 2 aromatic heterocycles. The third-order valence-electron chi connectivity index (χ3n) is 3.36. The van der Waals surface area contributed by atoms with Crippen LogP contribution in [-0.4, -0.2) is 20.2 Å². The molecule has 0 radical (unpaired) electrons. The first-order valence-electron chi connectivity index (χ1n) is 6.84. The van der Waals surface area contributed by atoms with Crippen LogP contribution in [0.2, 0.25) is 0 Å². The number of benzene rings is 1. The summed E-state index contributed by atoms with van der Waals surface area (Å²) in [6.07, 6.45) is 6.04. The van der Waals surface area contributed by atoms with Gasteiger partial charge in [-0.15, -0.1) is 0 Å². The van der Waals surface area contributed by atoms with Gasteiger partial charge in [-0.3, -0.25) is 0 Å². The van der Waals surface area contributed by atoms with Crippen LogP contribution >= 0.6 is 0 Å². The smallest absolute Gasteiger partial charge is 0.120 e. The fraction of sp³-hybridized carbons (Fsp3) is 0.312. The minimum atomic E-state index is 0.198. The summed E-state index contributed by atoms with van der Waals surface area (Å²) < 4.78 is 10.0. The molecule has 0 N–H and O–H groups in total. The molecule has 0 saturated heterocycles. The predicted molar refractivity (Wildman–Crippen MR) is 80.0 cm³/mol. The number of fused-ring (bicyclic) bond motifs is 1. The summed E-state index contributed by atoms with van der Waals surface area (Å²) in [5.41, 5.74) is 2.40. The zero-order valence-electron chi connectivity index (χ0n) is 12.1. The fourth-order valence-electron chi connectivity index (χ4n) is 2.37. The summed E-state index contributed by atoms with van der Waals surface area (Å²) in [5.74, 6) is 0.922. The quantitative estimate of drug-likeness (QED) is 0.728. The maximum atomic E-state index is 5.73. The lowest BCUT2D eigenvalue weighted by atomic mass is 10.2. The van der Waals surface area contributed by atoms with Crippen molar-refractivity contribution < 1.29 is 4.74 Å². The van der Waals surface area contributed by atoms with Gasteiger partial charge in [-0.1, -0.05) is 0 Å². The van der Waals surface area contributed by atoms with Gasteiger partial charge in [-0.25, -0.2) is 4.98 Å². The van der Waals surface area contributed by atoms with Gasteiger partial charge in [0.15, 0.2) is 0 Å². The van der Waals surface area contributed by atoms with Gasteiger partial charge in [0.2, 0.25) is 0 Å². The highest BCUT2D eigenvalue weighted by Gasteiger charge is 2.06. The number of nitrogens with zero attached hydrogens (tertiary/aromatic N) is 3. The van der Waals surface area contributed by atoms with E-state index < -0.39 is 0 Å². The van der Waals surface area contributed by atoms with E-state index >= 15 is 0 Å². The van der Waals surface area contributed by atoms with Crippen molar-refractivity contribution in [1.82, 2.24) is 14.1 Å². The highest BCUT2D eigenvalue weighted by atomic mass is 16.5. The first-order chi connectivity index (χ1) is 9.63. The molecule has 0 spiro atoms. The lowest BCUT2D eigenvalue weighted by Crippen LogP contribution is -2.05. The molecule has 0 fully saturated rings. The Balaban J connectivity index is 1.92. The van der Waals surface area contributed by atoms with E-state index in [0.29, 0.717) is 0 Å². The van der Waals surface area contributed by atoms with Gasteiger partial charge in [0.1, 0.15) is 5.75 Å². The molecular formula is C16H19N3O.